The average Bonchev–Trinajstić information content (AvgIpc) is 3.28. The summed E-state index contributed by atoms with van der Waals surface area (Å²) >= 11 is 0. The maximum absolute atomic E-state index is 12.6. The number of aromatic nitrogens is 1. The summed E-state index contributed by atoms with van der Waals surface area (Å²) in [5, 5.41) is 19.6. The van der Waals surface area contributed by atoms with Gasteiger partial charge in [-0.05, 0) is 48.6 Å². The van der Waals surface area contributed by atoms with Crippen molar-refractivity contribution in [2.45, 2.75) is 32.3 Å². The molecule has 1 aromatic heterocycles. The second-order valence-corrected chi connectivity index (χ2v) is 9.04. The van der Waals surface area contributed by atoms with Crippen LogP contribution in [0.1, 0.15) is 42.2 Å². The molecular formula is C29H27N3O5. The number of amides is 1. The molecule has 5 rings (SSSR count). The van der Waals surface area contributed by atoms with Gasteiger partial charge in [0.25, 0.3) is 0 Å². The molecule has 2 heterocycles. The first kappa shape index (κ1) is 24.1. The molecule has 0 aliphatic carbocycles. The standard InChI is InChI=1S/C29H27N3O5/c1-17-26(31-29(35)36-18(2)19-6-4-3-5-7-19)27(37-32-17)21-10-8-20(9-11-21)22-12-13-23-24(28(33)34)14-15-30-25(23)16-22/h3-13,16,18,24,30H,14-15H2,1-2H3,(H,31,35)(H,33,34). The van der Waals surface area contributed by atoms with Crippen LogP contribution in [0.25, 0.3) is 22.5 Å². The second-order valence-electron chi connectivity index (χ2n) is 9.04. The molecule has 0 saturated heterocycles. The van der Waals surface area contributed by atoms with E-state index in [4.69, 9.17) is 9.26 Å². The minimum atomic E-state index is -0.801. The predicted molar refractivity (Wildman–Crippen MR) is 141 cm³/mol. The maximum Gasteiger partial charge on any atom is 0.412 e. The van der Waals surface area contributed by atoms with Crippen molar-refractivity contribution in [1.29, 1.82) is 0 Å². The number of nitrogens with one attached hydrogen (secondary N) is 2. The highest BCUT2D eigenvalue weighted by Gasteiger charge is 2.26. The summed E-state index contributed by atoms with van der Waals surface area (Å²) in [5.74, 6) is -0.856. The fraction of sp³-hybridized carbons (Fsp3) is 0.207. The number of nitrogens with zero attached hydrogens (tertiary/aromatic N) is 1. The summed E-state index contributed by atoms with van der Waals surface area (Å²) in [6, 6.07) is 23.0. The van der Waals surface area contributed by atoms with Gasteiger partial charge in [0, 0.05) is 17.8 Å². The van der Waals surface area contributed by atoms with Crippen LogP contribution in [0.2, 0.25) is 0 Å². The summed E-state index contributed by atoms with van der Waals surface area (Å²) < 4.78 is 11.1. The first-order valence-electron chi connectivity index (χ1n) is 12.1. The third-order valence-electron chi connectivity index (χ3n) is 6.60. The number of carboxylic acids is 1. The van der Waals surface area contributed by atoms with Gasteiger partial charge in [0.15, 0.2) is 5.76 Å². The van der Waals surface area contributed by atoms with Crippen LogP contribution in [0.5, 0.6) is 0 Å². The summed E-state index contributed by atoms with van der Waals surface area (Å²) in [7, 11) is 0. The van der Waals surface area contributed by atoms with Gasteiger partial charge in [-0.15, -0.1) is 0 Å². The molecule has 2 unspecified atom stereocenters. The summed E-state index contributed by atoms with van der Waals surface area (Å²) in [4.78, 5) is 24.2. The van der Waals surface area contributed by atoms with Gasteiger partial charge >= 0.3 is 12.1 Å². The fourth-order valence-corrected chi connectivity index (χ4v) is 4.57. The highest BCUT2D eigenvalue weighted by atomic mass is 16.6. The highest BCUT2D eigenvalue weighted by molar-refractivity contribution is 5.91. The third kappa shape index (κ3) is 5.04. The Labute approximate surface area is 214 Å². The summed E-state index contributed by atoms with van der Waals surface area (Å²) in [6.07, 6.45) is -0.440. The number of anilines is 2. The lowest BCUT2D eigenvalue weighted by atomic mass is 9.89. The number of hydrogen-bond acceptors (Lipinski definition) is 6. The van der Waals surface area contributed by atoms with Gasteiger partial charge in [0.2, 0.25) is 0 Å². The van der Waals surface area contributed by atoms with Gasteiger partial charge in [-0.25, -0.2) is 4.79 Å². The van der Waals surface area contributed by atoms with Crippen molar-refractivity contribution in [2.75, 3.05) is 17.2 Å². The Bertz CT molecular complexity index is 1430. The van der Waals surface area contributed by atoms with E-state index in [1.807, 2.05) is 79.7 Å². The zero-order valence-corrected chi connectivity index (χ0v) is 20.5. The molecule has 3 N–H and O–H groups in total. The Morgan fingerprint density at radius 3 is 2.49 bits per heavy atom. The molecule has 8 nitrogen and oxygen atoms in total. The van der Waals surface area contributed by atoms with Crippen molar-refractivity contribution in [1.82, 2.24) is 5.16 Å². The third-order valence-corrected chi connectivity index (χ3v) is 6.60. The van der Waals surface area contributed by atoms with Crippen LogP contribution in [0.4, 0.5) is 16.2 Å². The number of ether oxygens (including phenoxy) is 1. The van der Waals surface area contributed by atoms with Crippen molar-refractivity contribution < 1.29 is 24.0 Å². The van der Waals surface area contributed by atoms with E-state index in [2.05, 4.69) is 15.8 Å². The molecule has 0 spiro atoms. The Hall–Kier alpha value is -4.59. The number of carbonyl (C=O) groups is 2. The minimum Gasteiger partial charge on any atom is -0.481 e. The molecule has 0 saturated carbocycles. The summed E-state index contributed by atoms with van der Waals surface area (Å²) in [5.41, 5.74) is 6.22. The van der Waals surface area contributed by atoms with Crippen molar-refractivity contribution in [2.24, 2.45) is 0 Å². The number of fused-ring (bicyclic) bond motifs is 1. The molecule has 0 bridgehead atoms. The van der Waals surface area contributed by atoms with Crippen molar-refractivity contribution >= 4 is 23.4 Å². The second kappa shape index (κ2) is 10.2. The van der Waals surface area contributed by atoms with Gasteiger partial charge < -0.3 is 19.7 Å². The van der Waals surface area contributed by atoms with Crippen LogP contribution in [0.15, 0.2) is 77.3 Å². The molecule has 4 aromatic rings. The number of aryl methyl sites for hydroxylation is 1. The smallest absolute Gasteiger partial charge is 0.412 e. The van der Waals surface area contributed by atoms with Crippen molar-refractivity contribution in [3.05, 3.63) is 89.6 Å². The van der Waals surface area contributed by atoms with E-state index in [1.54, 1.807) is 6.92 Å². The van der Waals surface area contributed by atoms with Crippen LogP contribution < -0.4 is 10.6 Å². The van der Waals surface area contributed by atoms with Crippen LogP contribution in [-0.2, 0) is 9.53 Å². The lowest BCUT2D eigenvalue weighted by Crippen LogP contribution is -2.22. The molecule has 1 aliphatic rings. The molecular weight excluding hydrogens is 470 g/mol. The van der Waals surface area contributed by atoms with E-state index >= 15 is 0 Å². The monoisotopic (exact) mass is 497 g/mol. The zero-order valence-electron chi connectivity index (χ0n) is 20.5. The Morgan fingerprint density at radius 2 is 1.76 bits per heavy atom. The Morgan fingerprint density at radius 1 is 1.05 bits per heavy atom. The van der Waals surface area contributed by atoms with Crippen LogP contribution >= 0.6 is 0 Å². The lowest BCUT2D eigenvalue weighted by molar-refractivity contribution is -0.138. The van der Waals surface area contributed by atoms with Gasteiger partial charge in [-0.3, -0.25) is 10.1 Å². The van der Waals surface area contributed by atoms with Crippen molar-refractivity contribution in [3.63, 3.8) is 0 Å². The molecule has 0 radical (unpaired) electrons. The number of rotatable bonds is 6. The number of carbonyl (C=O) groups excluding carboxylic acids is 1. The molecule has 3 aromatic carbocycles. The number of aliphatic carboxylic acids is 1. The van der Waals surface area contributed by atoms with Crippen LogP contribution in [0, 0.1) is 6.92 Å². The topological polar surface area (TPSA) is 114 Å². The van der Waals surface area contributed by atoms with Crippen LogP contribution in [-0.4, -0.2) is 28.9 Å². The average molecular weight is 498 g/mol. The zero-order chi connectivity index (χ0) is 25.9. The number of benzene rings is 3. The van der Waals surface area contributed by atoms with E-state index in [-0.39, 0.29) is 0 Å². The fourth-order valence-electron chi connectivity index (χ4n) is 4.57. The molecule has 8 heteroatoms. The molecule has 1 aliphatic heterocycles. The molecule has 188 valence electrons. The highest BCUT2D eigenvalue weighted by Crippen LogP contribution is 2.37. The maximum atomic E-state index is 12.6. The van der Waals surface area contributed by atoms with E-state index in [0.29, 0.717) is 30.1 Å². The lowest BCUT2D eigenvalue weighted by Gasteiger charge is -2.24. The molecule has 1 amide bonds. The Balaban J connectivity index is 1.33. The number of hydrogen-bond donors (Lipinski definition) is 3. The molecule has 2 atom stereocenters. The van der Waals surface area contributed by atoms with Crippen LogP contribution in [0.3, 0.4) is 0 Å². The van der Waals surface area contributed by atoms with Gasteiger partial charge in [0.1, 0.15) is 17.5 Å². The van der Waals surface area contributed by atoms with E-state index in [9.17, 15) is 14.7 Å². The molecule has 0 fully saturated rings. The Kier molecular flexibility index (Phi) is 6.64. The largest absolute Gasteiger partial charge is 0.481 e. The van der Waals surface area contributed by atoms with Crippen molar-refractivity contribution in [3.8, 4) is 22.5 Å². The van der Waals surface area contributed by atoms with Gasteiger partial charge in [-0.2, -0.15) is 0 Å². The van der Waals surface area contributed by atoms with E-state index in [1.165, 1.54) is 0 Å². The number of carboxylic acid groups (broad SMARTS) is 1. The normalized spacial score (nSPS) is 15.2. The minimum absolute atomic E-state index is 0.416. The van der Waals surface area contributed by atoms with E-state index < -0.39 is 24.1 Å². The first-order valence-corrected chi connectivity index (χ1v) is 12.1. The van der Waals surface area contributed by atoms with E-state index in [0.717, 1.165) is 33.5 Å². The van der Waals surface area contributed by atoms with Gasteiger partial charge in [-0.1, -0.05) is 71.9 Å². The first-order chi connectivity index (χ1) is 17.9. The molecule has 37 heavy (non-hydrogen) atoms. The predicted octanol–water partition coefficient (Wildman–Crippen LogP) is 6.61. The summed E-state index contributed by atoms with van der Waals surface area (Å²) in [6.45, 7) is 4.19. The quantitative estimate of drug-likeness (QED) is 0.275. The van der Waals surface area contributed by atoms with Gasteiger partial charge in [0.05, 0.1) is 5.92 Å². The SMILES string of the molecule is Cc1noc(-c2ccc(-c3ccc4c(c3)NCCC4C(=O)O)cc2)c1NC(=O)OC(C)c1ccccc1.